The van der Waals surface area contributed by atoms with Crippen molar-refractivity contribution in [3.8, 4) is 5.75 Å². The maximum Gasteiger partial charge on any atom is 0.326 e. The van der Waals surface area contributed by atoms with Crippen molar-refractivity contribution in [1.82, 2.24) is 20.9 Å². The molecule has 0 aliphatic carbocycles. The molecule has 1 heterocycles. The number of thiol groups is 1. The van der Waals surface area contributed by atoms with E-state index in [9.17, 15) is 29.4 Å². The summed E-state index contributed by atoms with van der Waals surface area (Å²) in [4.78, 5) is 54.1. The number of phenolic OH excluding ortho intramolecular Hbond substituents is 1. The summed E-state index contributed by atoms with van der Waals surface area (Å²) in [6.45, 7) is 3.55. The number of aromatic nitrogens is 1. The molecule has 4 atom stereocenters. The molecule has 3 amide bonds. The van der Waals surface area contributed by atoms with Crippen LogP contribution >= 0.6 is 12.6 Å². The highest BCUT2D eigenvalue weighted by Gasteiger charge is 2.30. The third kappa shape index (κ3) is 7.99. The topological polar surface area (TPSA) is 187 Å². The average molecular weight is 570 g/mol. The number of carboxylic acids is 1. The zero-order chi connectivity index (χ0) is 29.4. The second-order valence-corrected chi connectivity index (χ2v) is 10.3. The van der Waals surface area contributed by atoms with Crippen molar-refractivity contribution >= 4 is 47.2 Å². The molecule has 214 valence electrons. The number of hydrogen-bond acceptors (Lipinski definition) is 7. The molecule has 0 aliphatic rings. The monoisotopic (exact) mass is 569 g/mol. The predicted octanol–water partition coefficient (Wildman–Crippen LogP) is 1.11. The Labute approximate surface area is 237 Å². The summed E-state index contributed by atoms with van der Waals surface area (Å²) in [6.07, 6.45) is 1.77. The molecule has 8 N–H and O–H groups in total. The van der Waals surface area contributed by atoms with E-state index in [4.69, 9.17) is 5.73 Å². The maximum absolute atomic E-state index is 13.3. The van der Waals surface area contributed by atoms with Gasteiger partial charge in [0.15, 0.2) is 0 Å². The lowest BCUT2D eigenvalue weighted by atomic mass is 10.0. The molecule has 0 fully saturated rings. The summed E-state index contributed by atoms with van der Waals surface area (Å²) in [6, 6.07) is 9.12. The third-order valence-electron chi connectivity index (χ3n) is 6.56. The molecule has 0 radical (unpaired) electrons. The van der Waals surface area contributed by atoms with Crippen LogP contribution in [0.25, 0.3) is 10.9 Å². The van der Waals surface area contributed by atoms with Gasteiger partial charge in [-0.15, -0.1) is 0 Å². The van der Waals surface area contributed by atoms with Crippen molar-refractivity contribution in [2.24, 2.45) is 11.7 Å². The Morgan fingerprint density at radius 2 is 1.48 bits per heavy atom. The number of aliphatic carboxylic acids is 1. The lowest BCUT2D eigenvalue weighted by Gasteiger charge is -2.25. The SMILES string of the molecule is CC(C)C(N)C(=O)NC(Cc1ccc(O)cc1)C(=O)NC(CS)C(=O)NC(Cc1c[nH]c2ccccc12)C(=O)O. The molecular formula is C28H35N5O6S. The van der Waals surface area contributed by atoms with Crippen molar-refractivity contribution in [3.63, 3.8) is 0 Å². The number of aromatic amines is 1. The Morgan fingerprint density at radius 3 is 2.10 bits per heavy atom. The van der Waals surface area contributed by atoms with Gasteiger partial charge < -0.3 is 36.9 Å². The third-order valence-corrected chi connectivity index (χ3v) is 6.92. The van der Waals surface area contributed by atoms with E-state index in [2.05, 4.69) is 33.6 Å². The molecule has 3 aromatic rings. The minimum Gasteiger partial charge on any atom is -0.508 e. The van der Waals surface area contributed by atoms with E-state index in [1.165, 1.54) is 12.1 Å². The predicted molar refractivity (Wildman–Crippen MR) is 154 cm³/mol. The second-order valence-electron chi connectivity index (χ2n) is 9.91. The Balaban J connectivity index is 1.73. The lowest BCUT2D eigenvalue weighted by molar-refractivity contribution is -0.142. The Kier molecular flexibility index (Phi) is 10.6. The summed E-state index contributed by atoms with van der Waals surface area (Å²) in [5.74, 6) is -3.43. The van der Waals surface area contributed by atoms with Gasteiger partial charge in [0.1, 0.15) is 23.9 Å². The number of fused-ring (bicyclic) bond motifs is 1. The number of phenols is 1. The van der Waals surface area contributed by atoms with E-state index in [-0.39, 0.29) is 30.3 Å². The quantitative estimate of drug-likeness (QED) is 0.142. The van der Waals surface area contributed by atoms with Gasteiger partial charge in [-0.3, -0.25) is 14.4 Å². The van der Waals surface area contributed by atoms with Crippen molar-refractivity contribution < 1.29 is 29.4 Å². The number of para-hydroxylation sites is 1. The molecule has 0 saturated heterocycles. The molecule has 40 heavy (non-hydrogen) atoms. The van der Waals surface area contributed by atoms with E-state index in [1.54, 1.807) is 32.2 Å². The molecule has 12 heteroatoms. The highest BCUT2D eigenvalue weighted by atomic mass is 32.1. The minimum atomic E-state index is -1.26. The molecule has 3 rings (SSSR count). The number of H-pyrrole nitrogens is 1. The van der Waals surface area contributed by atoms with Gasteiger partial charge in [0.05, 0.1) is 6.04 Å². The number of carboxylic acid groups (broad SMARTS) is 1. The molecule has 1 aromatic heterocycles. The van der Waals surface area contributed by atoms with Gasteiger partial charge in [-0.25, -0.2) is 4.79 Å². The fraction of sp³-hybridized carbons (Fsp3) is 0.357. The number of benzene rings is 2. The highest BCUT2D eigenvalue weighted by Crippen LogP contribution is 2.19. The van der Waals surface area contributed by atoms with Crippen LogP contribution < -0.4 is 21.7 Å². The summed E-state index contributed by atoms with van der Waals surface area (Å²) < 4.78 is 0. The number of rotatable bonds is 13. The van der Waals surface area contributed by atoms with E-state index in [1.807, 2.05) is 24.3 Å². The standard InChI is InChI=1S/C28H35N5O6S/c1-15(2)24(29)27(37)31-21(11-16-7-9-18(34)10-8-16)25(35)33-23(14-40)26(36)32-22(28(38)39)12-17-13-30-20-6-4-3-5-19(17)20/h3-10,13,15,21-24,30,34,40H,11-12,14,29H2,1-2H3,(H,31,37)(H,32,36)(H,33,35)(H,38,39). The van der Waals surface area contributed by atoms with Crippen molar-refractivity contribution in [3.05, 3.63) is 65.9 Å². The van der Waals surface area contributed by atoms with E-state index < -0.39 is 47.9 Å². The second kappa shape index (κ2) is 13.9. The fourth-order valence-corrected chi connectivity index (χ4v) is 4.36. The largest absolute Gasteiger partial charge is 0.508 e. The number of hydrogen-bond donors (Lipinski definition) is 8. The van der Waals surface area contributed by atoms with Gasteiger partial charge in [0.25, 0.3) is 0 Å². The van der Waals surface area contributed by atoms with Crippen LogP contribution in [-0.2, 0) is 32.0 Å². The van der Waals surface area contributed by atoms with Crippen LogP contribution in [0.2, 0.25) is 0 Å². The van der Waals surface area contributed by atoms with E-state index in [0.717, 1.165) is 10.9 Å². The van der Waals surface area contributed by atoms with Crippen LogP contribution in [0.5, 0.6) is 5.75 Å². The molecule has 0 bridgehead atoms. The normalized spacial score (nSPS) is 14.2. The van der Waals surface area contributed by atoms with Gasteiger partial charge in [-0.05, 0) is 35.2 Å². The van der Waals surface area contributed by atoms with Crippen LogP contribution in [0, 0.1) is 5.92 Å². The van der Waals surface area contributed by atoms with Crippen LogP contribution in [0.1, 0.15) is 25.0 Å². The summed E-state index contributed by atoms with van der Waals surface area (Å²) in [5.41, 5.74) is 8.16. The molecule has 0 saturated carbocycles. The van der Waals surface area contributed by atoms with E-state index in [0.29, 0.717) is 11.1 Å². The average Bonchev–Trinajstić information content (AvgIpc) is 3.33. The summed E-state index contributed by atoms with van der Waals surface area (Å²) >= 11 is 4.19. The maximum atomic E-state index is 13.3. The number of carbonyl (C=O) groups is 4. The van der Waals surface area contributed by atoms with Gasteiger partial charge in [-0.1, -0.05) is 44.2 Å². The summed E-state index contributed by atoms with van der Waals surface area (Å²) in [7, 11) is 0. The number of nitrogens with one attached hydrogen (secondary N) is 4. The number of aromatic hydroxyl groups is 1. The Hall–Kier alpha value is -4.03. The van der Waals surface area contributed by atoms with Crippen LogP contribution in [-0.4, -0.2) is 68.8 Å². The van der Waals surface area contributed by atoms with Crippen molar-refractivity contribution in [2.45, 2.75) is 50.9 Å². The zero-order valence-electron chi connectivity index (χ0n) is 22.3. The van der Waals surface area contributed by atoms with Crippen molar-refractivity contribution in [1.29, 1.82) is 0 Å². The zero-order valence-corrected chi connectivity index (χ0v) is 23.2. The number of carbonyl (C=O) groups excluding carboxylic acids is 3. The molecule has 4 unspecified atom stereocenters. The molecule has 11 nitrogen and oxygen atoms in total. The first kappa shape index (κ1) is 30.5. The van der Waals surface area contributed by atoms with E-state index >= 15 is 0 Å². The molecule has 2 aromatic carbocycles. The Morgan fingerprint density at radius 1 is 0.875 bits per heavy atom. The first-order valence-corrected chi connectivity index (χ1v) is 13.5. The lowest BCUT2D eigenvalue weighted by Crippen LogP contribution is -2.58. The first-order chi connectivity index (χ1) is 19.0. The highest BCUT2D eigenvalue weighted by molar-refractivity contribution is 7.80. The summed E-state index contributed by atoms with van der Waals surface area (Å²) in [5, 5.41) is 27.9. The van der Waals surface area contributed by atoms with Gasteiger partial charge >= 0.3 is 5.97 Å². The molecule has 0 spiro atoms. The Bertz CT molecular complexity index is 1340. The van der Waals surface area contributed by atoms with Crippen LogP contribution in [0.15, 0.2) is 54.7 Å². The van der Waals surface area contributed by atoms with Gasteiger partial charge in [0, 0.05) is 35.7 Å². The van der Waals surface area contributed by atoms with Crippen molar-refractivity contribution in [2.75, 3.05) is 5.75 Å². The number of nitrogens with two attached hydrogens (primary N) is 1. The minimum absolute atomic E-state index is 0.0188. The van der Waals surface area contributed by atoms with Crippen LogP contribution in [0.3, 0.4) is 0 Å². The smallest absolute Gasteiger partial charge is 0.326 e. The van der Waals surface area contributed by atoms with Gasteiger partial charge in [-0.2, -0.15) is 12.6 Å². The first-order valence-electron chi connectivity index (χ1n) is 12.8. The van der Waals surface area contributed by atoms with Gasteiger partial charge in [0.2, 0.25) is 17.7 Å². The fourth-order valence-electron chi connectivity index (χ4n) is 4.11. The molecule has 0 aliphatic heterocycles. The van der Waals surface area contributed by atoms with Crippen LogP contribution in [0.4, 0.5) is 0 Å². The molecular weight excluding hydrogens is 534 g/mol. The number of amides is 3.